The number of nitrogens with zero attached hydrogens (tertiary/aromatic N) is 1. The summed E-state index contributed by atoms with van der Waals surface area (Å²) in [5.74, 6) is 0.797. The number of benzene rings is 2. The van der Waals surface area contributed by atoms with Crippen molar-refractivity contribution in [1.82, 2.24) is 5.32 Å². The molecule has 0 fully saturated rings. The maximum atomic E-state index is 12.6. The highest BCUT2D eigenvalue weighted by Gasteiger charge is 2.14. The van der Waals surface area contributed by atoms with Crippen molar-refractivity contribution in [3.63, 3.8) is 0 Å². The maximum absolute atomic E-state index is 12.6. The molecule has 0 aliphatic carbocycles. The van der Waals surface area contributed by atoms with E-state index in [0.717, 1.165) is 29.8 Å². The van der Waals surface area contributed by atoms with Crippen LogP contribution in [0.5, 0.6) is 5.75 Å². The van der Waals surface area contributed by atoms with Gasteiger partial charge in [-0.2, -0.15) is 0 Å². The number of amides is 2. The summed E-state index contributed by atoms with van der Waals surface area (Å²) in [5.41, 5.74) is 1.73. The second kappa shape index (κ2) is 10.5. The second-order valence-corrected chi connectivity index (χ2v) is 6.26. The van der Waals surface area contributed by atoms with Crippen LogP contribution in [-0.4, -0.2) is 26.2 Å². The van der Waals surface area contributed by atoms with E-state index in [0.29, 0.717) is 18.1 Å². The van der Waals surface area contributed by atoms with E-state index in [1.54, 1.807) is 24.1 Å². The Bertz CT molecular complexity index is 746. The van der Waals surface area contributed by atoms with Crippen molar-refractivity contribution in [3.05, 3.63) is 65.2 Å². The summed E-state index contributed by atoms with van der Waals surface area (Å²) in [4.78, 5) is 14.3. The average molecular weight is 373 g/mol. The third-order valence-electron chi connectivity index (χ3n) is 3.90. The van der Waals surface area contributed by atoms with E-state index in [2.05, 4.69) is 12.2 Å². The quantitative estimate of drug-likeness (QED) is 0.632. The van der Waals surface area contributed by atoms with Gasteiger partial charge in [-0.3, -0.25) is 4.90 Å². The van der Waals surface area contributed by atoms with E-state index in [-0.39, 0.29) is 6.03 Å². The first-order valence-corrected chi connectivity index (χ1v) is 9.14. The number of carbonyl (C=O) groups is 1. The lowest BCUT2D eigenvalue weighted by molar-refractivity contribution is 0.246. The maximum Gasteiger partial charge on any atom is 0.322 e. The molecule has 0 aliphatic heterocycles. The number of hydrogen-bond acceptors (Lipinski definition) is 2. The van der Waals surface area contributed by atoms with Gasteiger partial charge in [-0.25, -0.2) is 4.79 Å². The van der Waals surface area contributed by atoms with E-state index in [1.165, 1.54) is 0 Å². The first-order valence-electron chi connectivity index (χ1n) is 8.76. The fraction of sp³-hybridized carbons (Fsp3) is 0.286. The number of rotatable bonds is 8. The van der Waals surface area contributed by atoms with Gasteiger partial charge >= 0.3 is 6.03 Å². The zero-order valence-corrected chi connectivity index (χ0v) is 16.0. The molecule has 0 saturated carbocycles. The molecule has 0 aromatic heterocycles. The molecule has 0 atom stereocenters. The van der Waals surface area contributed by atoms with Gasteiger partial charge in [0, 0.05) is 29.4 Å². The van der Waals surface area contributed by atoms with Crippen LogP contribution in [0.4, 0.5) is 10.5 Å². The molecule has 138 valence electrons. The predicted octanol–water partition coefficient (Wildman–Crippen LogP) is 5.38. The minimum atomic E-state index is -0.134. The first kappa shape index (κ1) is 19.9. The van der Waals surface area contributed by atoms with E-state index in [9.17, 15) is 4.79 Å². The Labute approximate surface area is 160 Å². The van der Waals surface area contributed by atoms with Crippen molar-refractivity contribution in [2.75, 3.05) is 25.1 Å². The van der Waals surface area contributed by atoms with Crippen molar-refractivity contribution in [2.24, 2.45) is 0 Å². The molecule has 4 nitrogen and oxygen atoms in total. The topological polar surface area (TPSA) is 41.6 Å². The molecule has 0 bridgehead atoms. The van der Waals surface area contributed by atoms with Crippen LogP contribution < -0.4 is 15.0 Å². The Morgan fingerprint density at radius 1 is 1.23 bits per heavy atom. The summed E-state index contributed by atoms with van der Waals surface area (Å²) in [6, 6.07) is 14.9. The standard InChI is InChI=1S/C21H25ClN2O2/c1-3-4-14-23-21(25)24(19-12-7-11-18(22)16-19)15-8-10-17-9-5-6-13-20(17)26-2/h5-13,16H,3-4,14-15H2,1-2H3,(H,23,25)/b10-8+. The fourth-order valence-corrected chi connectivity index (χ4v) is 2.69. The van der Waals surface area contributed by atoms with Crippen molar-refractivity contribution in [3.8, 4) is 5.75 Å². The Morgan fingerprint density at radius 2 is 2.04 bits per heavy atom. The highest BCUT2D eigenvalue weighted by Crippen LogP contribution is 2.21. The number of hydrogen-bond donors (Lipinski definition) is 1. The molecule has 5 heteroatoms. The molecular formula is C21H25ClN2O2. The highest BCUT2D eigenvalue weighted by atomic mass is 35.5. The number of nitrogens with one attached hydrogen (secondary N) is 1. The molecule has 0 spiro atoms. The lowest BCUT2D eigenvalue weighted by Crippen LogP contribution is -2.40. The zero-order chi connectivity index (χ0) is 18.8. The summed E-state index contributed by atoms with van der Waals surface area (Å²) in [5, 5.41) is 3.56. The van der Waals surface area contributed by atoms with Crippen LogP contribution >= 0.6 is 11.6 Å². The summed E-state index contributed by atoms with van der Waals surface area (Å²) in [7, 11) is 1.64. The summed E-state index contributed by atoms with van der Waals surface area (Å²) in [6.45, 7) is 3.18. The molecule has 0 aliphatic rings. The van der Waals surface area contributed by atoms with Gasteiger partial charge in [0.05, 0.1) is 7.11 Å². The van der Waals surface area contributed by atoms with Crippen LogP contribution in [0.1, 0.15) is 25.3 Å². The number of halogens is 1. The molecule has 0 radical (unpaired) electrons. The van der Waals surface area contributed by atoms with Crippen LogP contribution in [0.3, 0.4) is 0 Å². The minimum absolute atomic E-state index is 0.134. The largest absolute Gasteiger partial charge is 0.496 e. The summed E-state index contributed by atoms with van der Waals surface area (Å²) in [6.07, 6.45) is 5.88. The van der Waals surface area contributed by atoms with Crippen molar-refractivity contribution < 1.29 is 9.53 Å². The van der Waals surface area contributed by atoms with Gasteiger partial charge in [-0.15, -0.1) is 0 Å². The zero-order valence-electron chi connectivity index (χ0n) is 15.2. The molecule has 1 N–H and O–H groups in total. The normalized spacial score (nSPS) is 10.7. The van der Waals surface area contributed by atoms with Gasteiger partial charge in [0.1, 0.15) is 5.75 Å². The number of para-hydroxylation sites is 1. The number of ether oxygens (including phenoxy) is 1. The van der Waals surface area contributed by atoms with Gasteiger partial charge in [-0.1, -0.05) is 61.4 Å². The molecule has 2 aromatic carbocycles. The molecular weight excluding hydrogens is 348 g/mol. The van der Waals surface area contributed by atoms with Crippen molar-refractivity contribution in [1.29, 1.82) is 0 Å². The molecule has 0 heterocycles. The number of anilines is 1. The molecule has 2 amide bonds. The third kappa shape index (κ3) is 5.81. The van der Waals surface area contributed by atoms with Gasteiger partial charge in [0.2, 0.25) is 0 Å². The molecule has 26 heavy (non-hydrogen) atoms. The number of carbonyl (C=O) groups excluding carboxylic acids is 1. The second-order valence-electron chi connectivity index (χ2n) is 5.82. The smallest absolute Gasteiger partial charge is 0.322 e. The summed E-state index contributed by atoms with van der Waals surface area (Å²) < 4.78 is 5.35. The lowest BCUT2D eigenvalue weighted by atomic mass is 10.2. The molecule has 0 unspecified atom stereocenters. The Hall–Kier alpha value is -2.46. The average Bonchev–Trinajstić information content (AvgIpc) is 2.65. The molecule has 2 aromatic rings. The van der Waals surface area contributed by atoms with Crippen LogP contribution in [0.2, 0.25) is 5.02 Å². The van der Waals surface area contributed by atoms with Gasteiger partial charge in [0.15, 0.2) is 0 Å². The third-order valence-corrected chi connectivity index (χ3v) is 4.13. The van der Waals surface area contributed by atoms with Crippen LogP contribution in [-0.2, 0) is 0 Å². The fourth-order valence-electron chi connectivity index (χ4n) is 2.51. The predicted molar refractivity (Wildman–Crippen MR) is 109 cm³/mol. The SMILES string of the molecule is CCCCNC(=O)N(C/C=C/c1ccccc1OC)c1cccc(Cl)c1. The minimum Gasteiger partial charge on any atom is -0.496 e. The highest BCUT2D eigenvalue weighted by molar-refractivity contribution is 6.30. The number of unbranched alkanes of at least 4 members (excludes halogenated alkanes) is 1. The van der Waals surface area contributed by atoms with E-state index < -0.39 is 0 Å². The van der Waals surface area contributed by atoms with E-state index >= 15 is 0 Å². The number of methoxy groups -OCH3 is 1. The number of urea groups is 1. The van der Waals surface area contributed by atoms with Gasteiger partial charge < -0.3 is 10.1 Å². The van der Waals surface area contributed by atoms with Crippen LogP contribution in [0.15, 0.2) is 54.6 Å². The molecule has 0 saturated heterocycles. The van der Waals surface area contributed by atoms with Crippen LogP contribution in [0, 0.1) is 0 Å². The van der Waals surface area contributed by atoms with Crippen LogP contribution in [0.25, 0.3) is 6.08 Å². The van der Waals surface area contributed by atoms with Crippen molar-refractivity contribution >= 4 is 29.4 Å². The van der Waals surface area contributed by atoms with E-state index in [1.807, 2.05) is 48.6 Å². The Kier molecular flexibility index (Phi) is 8.03. The first-order chi connectivity index (χ1) is 12.7. The summed E-state index contributed by atoms with van der Waals surface area (Å²) >= 11 is 6.10. The Morgan fingerprint density at radius 3 is 2.77 bits per heavy atom. The monoisotopic (exact) mass is 372 g/mol. The van der Waals surface area contributed by atoms with Crippen molar-refractivity contribution in [2.45, 2.75) is 19.8 Å². The van der Waals surface area contributed by atoms with Gasteiger partial charge in [-0.05, 0) is 30.7 Å². The molecule has 2 rings (SSSR count). The van der Waals surface area contributed by atoms with E-state index in [4.69, 9.17) is 16.3 Å². The Balaban J connectivity index is 2.15. The van der Waals surface area contributed by atoms with Gasteiger partial charge in [0.25, 0.3) is 0 Å². The lowest BCUT2D eigenvalue weighted by Gasteiger charge is -2.22.